The Hall–Kier alpha value is -1.57. The van der Waals surface area contributed by atoms with Crippen molar-refractivity contribution in [3.8, 4) is 0 Å². The van der Waals surface area contributed by atoms with Gasteiger partial charge >= 0.3 is 0 Å². The van der Waals surface area contributed by atoms with Gasteiger partial charge in [-0.25, -0.2) is 0 Å². The first kappa shape index (κ1) is 23.6. The molecule has 1 aromatic heterocycles. The van der Waals surface area contributed by atoms with E-state index < -0.39 is 0 Å². The molecule has 7 nitrogen and oxygen atoms in total. The molecule has 1 aromatic rings. The van der Waals surface area contributed by atoms with E-state index in [1.54, 1.807) is 6.26 Å². The Morgan fingerprint density at radius 3 is 2.59 bits per heavy atom. The second kappa shape index (κ2) is 13.2. The molecule has 3 fully saturated rings. The Bertz CT molecular complexity index is 645. The number of hydrogen-bond donors (Lipinski definition) is 2. The van der Waals surface area contributed by atoms with Crippen LogP contribution < -0.4 is 10.6 Å². The van der Waals surface area contributed by atoms with Gasteiger partial charge in [-0.1, -0.05) is 19.3 Å². The van der Waals surface area contributed by atoms with Crippen LogP contribution in [0.4, 0.5) is 0 Å². The summed E-state index contributed by atoms with van der Waals surface area (Å²) < 4.78 is 10.9. The molecular weight excluding hydrogens is 402 g/mol. The normalized spacial score (nSPS) is 22.8. The van der Waals surface area contributed by atoms with Crippen LogP contribution >= 0.6 is 0 Å². The predicted molar refractivity (Wildman–Crippen MR) is 129 cm³/mol. The van der Waals surface area contributed by atoms with Crippen molar-refractivity contribution >= 4 is 5.96 Å². The van der Waals surface area contributed by atoms with Gasteiger partial charge in [0.05, 0.1) is 19.5 Å². The topological polar surface area (TPSA) is 65.3 Å². The summed E-state index contributed by atoms with van der Waals surface area (Å²) in [5, 5.41) is 7.30. The molecule has 0 unspecified atom stereocenters. The zero-order chi connectivity index (χ0) is 21.8. The standard InChI is InChI=1S/C25H43N5O2/c1-2-6-23(7-3-1)30-15-10-22(11-16-30)28-25(27-13-9-24-8-4-19-32-24)26-12-5-14-29-17-20-31-21-18-29/h4,8,19,22-23H,1-3,5-7,9-18,20-21H2,(H2,26,27,28). The molecule has 0 spiro atoms. The van der Waals surface area contributed by atoms with Crippen LogP contribution in [0.1, 0.15) is 57.1 Å². The maximum Gasteiger partial charge on any atom is 0.191 e. The first-order valence-corrected chi connectivity index (χ1v) is 13.0. The van der Waals surface area contributed by atoms with Crippen LogP contribution in [-0.2, 0) is 11.2 Å². The monoisotopic (exact) mass is 445 g/mol. The molecule has 0 radical (unpaired) electrons. The Morgan fingerprint density at radius 1 is 1.03 bits per heavy atom. The van der Waals surface area contributed by atoms with Crippen LogP contribution in [0.25, 0.3) is 0 Å². The van der Waals surface area contributed by atoms with E-state index in [0.29, 0.717) is 6.04 Å². The fraction of sp³-hybridized carbons (Fsp3) is 0.800. The minimum Gasteiger partial charge on any atom is -0.469 e. The Morgan fingerprint density at radius 2 is 1.84 bits per heavy atom. The molecule has 3 aliphatic rings. The number of furan rings is 1. The molecule has 0 aromatic carbocycles. The van der Waals surface area contributed by atoms with Gasteiger partial charge < -0.3 is 24.7 Å². The highest BCUT2D eigenvalue weighted by atomic mass is 16.5. The Labute approximate surface area is 194 Å². The van der Waals surface area contributed by atoms with E-state index in [0.717, 1.165) is 76.5 Å². The average Bonchev–Trinajstić information content (AvgIpc) is 3.37. The number of rotatable bonds is 9. The van der Waals surface area contributed by atoms with Gasteiger partial charge in [-0.3, -0.25) is 9.89 Å². The van der Waals surface area contributed by atoms with Crippen molar-refractivity contribution in [2.45, 2.75) is 69.9 Å². The fourth-order valence-corrected chi connectivity index (χ4v) is 5.27. The molecule has 7 heteroatoms. The van der Waals surface area contributed by atoms with Crippen LogP contribution in [0, 0.1) is 0 Å². The average molecular weight is 446 g/mol. The molecule has 32 heavy (non-hydrogen) atoms. The van der Waals surface area contributed by atoms with Crippen molar-refractivity contribution in [2.24, 2.45) is 4.99 Å². The van der Waals surface area contributed by atoms with Crippen molar-refractivity contribution in [3.05, 3.63) is 24.2 Å². The minimum atomic E-state index is 0.518. The zero-order valence-corrected chi connectivity index (χ0v) is 19.8. The first-order chi connectivity index (χ1) is 15.9. The first-order valence-electron chi connectivity index (χ1n) is 13.0. The lowest BCUT2D eigenvalue weighted by Gasteiger charge is -2.39. The van der Waals surface area contributed by atoms with Crippen LogP contribution in [0.5, 0.6) is 0 Å². The highest BCUT2D eigenvalue weighted by Crippen LogP contribution is 2.25. The van der Waals surface area contributed by atoms with Gasteiger partial charge in [0.1, 0.15) is 5.76 Å². The Balaban J connectivity index is 1.22. The summed E-state index contributed by atoms with van der Waals surface area (Å²) >= 11 is 0. The summed E-state index contributed by atoms with van der Waals surface area (Å²) in [7, 11) is 0. The van der Waals surface area contributed by atoms with Crippen molar-refractivity contribution < 1.29 is 9.15 Å². The van der Waals surface area contributed by atoms with Crippen molar-refractivity contribution in [3.63, 3.8) is 0 Å². The van der Waals surface area contributed by atoms with E-state index >= 15 is 0 Å². The molecule has 1 aliphatic carbocycles. The molecule has 2 aliphatic heterocycles. The lowest BCUT2D eigenvalue weighted by Crippen LogP contribution is -2.51. The SMILES string of the molecule is c1coc(CCNC(=NCCCN2CCOCC2)NC2CCN(C3CCCCC3)CC2)c1. The number of piperidine rings is 1. The zero-order valence-electron chi connectivity index (χ0n) is 19.8. The molecule has 3 heterocycles. The number of hydrogen-bond acceptors (Lipinski definition) is 5. The number of nitrogens with one attached hydrogen (secondary N) is 2. The summed E-state index contributed by atoms with van der Waals surface area (Å²) in [6.45, 7) is 9.07. The molecule has 1 saturated carbocycles. The maximum absolute atomic E-state index is 5.48. The third-order valence-electron chi connectivity index (χ3n) is 7.21. The highest BCUT2D eigenvalue weighted by Gasteiger charge is 2.26. The van der Waals surface area contributed by atoms with Crippen LogP contribution in [-0.4, -0.2) is 86.9 Å². The van der Waals surface area contributed by atoms with E-state index in [-0.39, 0.29) is 0 Å². The second-order valence-corrected chi connectivity index (χ2v) is 9.54. The fourth-order valence-electron chi connectivity index (χ4n) is 5.27. The van der Waals surface area contributed by atoms with Crippen molar-refractivity contribution in [2.75, 3.05) is 59.0 Å². The van der Waals surface area contributed by atoms with E-state index in [1.807, 2.05) is 12.1 Å². The van der Waals surface area contributed by atoms with Crippen LogP contribution in [0.2, 0.25) is 0 Å². The predicted octanol–water partition coefficient (Wildman–Crippen LogP) is 2.88. The quantitative estimate of drug-likeness (QED) is 0.346. The van der Waals surface area contributed by atoms with Crippen molar-refractivity contribution in [1.29, 1.82) is 0 Å². The molecule has 180 valence electrons. The highest BCUT2D eigenvalue weighted by molar-refractivity contribution is 5.80. The van der Waals surface area contributed by atoms with E-state index in [9.17, 15) is 0 Å². The molecule has 4 rings (SSSR count). The number of guanidine groups is 1. The van der Waals surface area contributed by atoms with Gasteiger partial charge in [-0.15, -0.1) is 0 Å². The number of nitrogens with zero attached hydrogens (tertiary/aromatic N) is 3. The van der Waals surface area contributed by atoms with E-state index in [1.165, 1.54) is 58.0 Å². The number of ether oxygens (including phenoxy) is 1. The summed E-state index contributed by atoms with van der Waals surface area (Å²) in [5.41, 5.74) is 0. The molecule has 0 bridgehead atoms. The minimum absolute atomic E-state index is 0.518. The van der Waals surface area contributed by atoms with Gasteiger partial charge in [-0.05, 0) is 44.2 Å². The van der Waals surface area contributed by atoms with E-state index in [2.05, 4.69) is 20.4 Å². The van der Waals surface area contributed by atoms with Crippen LogP contribution in [0.15, 0.2) is 27.8 Å². The van der Waals surface area contributed by atoms with Gasteiger partial charge in [-0.2, -0.15) is 0 Å². The molecular formula is C25H43N5O2. The summed E-state index contributed by atoms with van der Waals surface area (Å²) in [6, 6.07) is 5.34. The van der Waals surface area contributed by atoms with Gasteiger partial charge in [0.2, 0.25) is 0 Å². The largest absolute Gasteiger partial charge is 0.469 e. The lowest BCUT2D eigenvalue weighted by molar-refractivity contribution is 0.0377. The molecule has 0 amide bonds. The number of morpholine rings is 1. The lowest BCUT2D eigenvalue weighted by atomic mass is 9.92. The van der Waals surface area contributed by atoms with Gasteiger partial charge in [0.25, 0.3) is 0 Å². The van der Waals surface area contributed by atoms with Crippen LogP contribution in [0.3, 0.4) is 0 Å². The third-order valence-corrected chi connectivity index (χ3v) is 7.21. The summed E-state index contributed by atoms with van der Waals surface area (Å²) in [5.74, 6) is 1.99. The van der Waals surface area contributed by atoms with Crippen molar-refractivity contribution in [1.82, 2.24) is 20.4 Å². The summed E-state index contributed by atoms with van der Waals surface area (Å²) in [6.07, 6.45) is 13.2. The smallest absolute Gasteiger partial charge is 0.191 e. The van der Waals surface area contributed by atoms with Gasteiger partial charge in [0.15, 0.2) is 5.96 Å². The summed E-state index contributed by atoms with van der Waals surface area (Å²) in [4.78, 5) is 10.2. The maximum atomic E-state index is 5.48. The Kier molecular flexibility index (Phi) is 9.74. The number of likely N-dealkylation sites (tertiary alicyclic amines) is 1. The van der Waals surface area contributed by atoms with E-state index in [4.69, 9.17) is 14.1 Å². The molecule has 2 saturated heterocycles. The number of aliphatic imine (C=N–C) groups is 1. The molecule has 0 atom stereocenters. The molecule has 2 N–H and O–H groups in total. The third kappa shape index (κ3) is 7.78. The second-order valence-electron chi connectivity index (χ2n) is 9.54. The van der Waals surface area contributed by atoms with Gasteiger partial charge in [0, 0.05) is 64.3 Å².